The van der Waals surface area contributed by atoms with E-state index in [1.807, 2.05) is 30.3 Å². The summed E-state index contributed by atoms with van der Waals surface area (Å²) in [6, 6.07) is 15.1. The number of benzene rings is 2. The van der Waals surface area contributed by atoms with Gasteiger partial charge in [-0.3, -0.25) is 0 Å². The van der Waals surface area contributed by atoms with Gasteiger partial charge in [-0.15, -0.1) is 5.10 Å². The van der Waals surface area contributed by atoms with E-state index in [0.29, 0.717) is 49.6 Å². The lowest BCUT2D eigenvalue weighted by Crippen LogP contribution is -2.47. The van der Waals surface area contributed by atoms with Gasteiger partial charge in [0.1, 0.15) is 5.82 Å². The topological polar surface area (TPSA) is 57.2 Å². The zero-order chi connectivity index (χ0) is 20.2. The minimum atomic E-state index is -0.186. The Morgan fingerprint density at radius 2 is 1.62 bits per heavy atom. The second kappa shape index (κ2) is 8.43. The molecule has 150 valence electrons. The summed E-state index contributed by atoms with van der Waals surface area (Å²) in [5, 5.41) is 11.7. The van der Waals surface area contributed by atoms with Crippen molar-refractivity contribution in [1.29, 1.82) is 0 Å². The largest absolute Gasteiger partial charge is 0.366 e. The first-order valence-electron chi connectivity index (χ1n) is 9.92. The Labute approximate surface area is 170 Å². The highest BCUT2D eigenvalue weighted by Gasteiger charge is 2.21. The molecule has 0 unspecified atom stereocenters. The number of hydrogen-bond acceptors (Lipinski definition) is 6. The van der Waals surface area contributed by atoms with E-state index in [1.54, 1.807) is 12.3 Å². The Bertz CT molecular complexity index is 969. The van der Waals surface area contributed by atoms with E-state index in [1.165, 1.54) is 11.6 Å². The van der Waals surface area contributed by atoms with E-state index < -0.39 is 0 Å². The van der Waals surface area contributed by atoms with Crippen LogP contribution >= 0.6 is 0 Å². The summed E-state index contributed by atoms with van der Waals surface area (Å²) < 4.78 is 14.0. The molecule has 2 heterocycles. The summed E-state index contributed by atoms with van der Waals surface area (Å²) in [6.45, 7) is 7.17. The maximum absolute atomic E-state index is 14.0. The van der Waals surface area contributed by atoms with Gasteiger partial charge in [0.25, 0.3) is 0 Å². The molecule has 1 N–H and O–H groups in total. The first-order chi connectivity index (χ1) is 14.1. The molecule has 4 rings (SSSR count). The van der Waals surface area contributed by atoms with E-state index in [0.717, 1.165) is 5.69 Å². The van der Waals surface area contributed by atoms with Gasteiger partial charge in [0, 0.05) is 31.9 Å². The predicted octanol–water partition coefficient (Wildman–Crippen LogP) is 4.20. The molecule has 0 bridgehead atoms. The highest BCUT2D eigenvalue weighted by molar-refractivity contribution is 5.61. The highest BCUT2D eigenvalue weighted by Crippen LogP contribution is 2.27. The fourth-order valence-corrected chi connectivity index (χ4v) is 3.60. The van der Waals surface area contributed by atoms with Crippen molar-refractivity contribution < 1.29 is 4.39 Å². The Hall–Kier alpha value is -3.22. The lowest BCUT2D eigenvalue weighted by Gasteiger charge is -2.36. The van der Waals surface area contributed by atoms with Crippen molar-refractivity contribution in [2.75, 3.05) is 41.3 Å². The first-order valence-corrected chi connectivity index (χ1v) is 9.92. The zero-order valence-electron chi connectivity index (χ0n) is 16.7. The zero-order valence-corrected chi connectivity index (χ0v) is 16.7. The maximum Gasteiger partial charge on any atom is 0.247 e. The third-order valence-electron chi connectivity index (χ3n) is 5.15. The average molecular weight is 392 g/mol. The maximum atomic E-state index is 14.0. The number of nitrogens with zero attached hydrogens (tertiary/aromatic N) is 5. The molecule has 29 heavy (non-hydrogen) atoms. The number of para-hydroxylation sites is 2. The van der Waals surface area contributed by atoms with Crippen molar-refractivity contribution in [2.24, 2.45) is 0 Å². The van der Waals surface area contributed by atoms with Crippen LogP contribution in [0.25, 0.3) is 0 Å². The molecule has 3 aromatic rings. The number of anilines is 4. The van der Waals surface area contributed by atoms with Gasteiger partial charge in [-0.05, 0) is 29.7 Å². The quantitative estimate of drug-likeness (QED) is 0.702. The van der Waals surface area contributed by atoms with Crippen molar-refractivity contribution in [3.8, 4) is 0 Å². The van der Waals surface area contributed by atoms with Crippen LogP contribution in [0.4, 0.5) is 27.5 Å². The fraction of sp³-hybridized carbons (Fsp3) is 0.318. The van der Waals surface area contributed by atoms with Crippen LogP contribution in [0.5, 0.6) is 0 Å². The molecular formula is C22H25FN6. The monoisotopic (exact) mass is 392 g/mol. The summed E-state index contributed by atoms with van der Waals surface area (Å²) in [4.78, 5) is 8.80. The van der Waals surface area contributed by atoms with Gasteiger partial charge >= 0.3 is 0 Å². The minimum absolute atomic E-state index is 0.186. The Balaban J connectivity index is 1.46. The van der Waals surface area contributed by atoms with Crippen molar-refractivity contribution in [3.63, 3.8) is 0 Å². The van der Waals surface area contributed by atoms with Gasteiger partial charge in [0.15, 0.2) is 5.82 Å². The molecule has 6 nitrogen and oxygen atoms in total. The van der Waals surface area contributed by atoms with Crippen LogP contribution in [0, 0.1) is 5.82 Å². The lowest BCUT2D eigenvalue weighted by atomic mass is 10.0. The van der Waals surface area contributed by atoms with Crippen LogP contribution in [0.15, 0.2) is 54.7 Å². The molecule has 0 aliphatic carbocycles. The predicted molar refractivity (Wildman–Crippen MR) is 114 cm³/mol. The van der Waals surface area contributed by atoms with E-state index >= 15 is 0 Å². The third kappa shape index (κ3) is 4.29. The SMILES string of the molecule is CC(C)c1ccccc1Nc1cnnc(N2CCN(c3ccccc3F)CC2)n1. The second-order valence-electron chi connectivity index (χ2n) is 7.43. The lowest BCUT2D eigenvalue weighted by molar-refractivity contribution is 0.592. The van der Waals surface area contributed by atoms with Crippen molar-refractivity contribution >= 4 is 23.1 Å². The summed E-state index contributed by atoms with van der Waals surface area (Å²) in [7, 11) is 0. The molecule has 1 aliphatic heterocycles. The molecule has 0 radical (unpaired) electrons. The number of piperazine rings is 1. The Morgan fingerprint density at radius 1 is 0.931 bits per heavy atom. The molecule has 1 fully saturated rings. The minimum Gasteiger partial charge on any atom is -0.366 e. The second-order valence-corrected chi connectivity index (χ2v) is 7.43. The summed E-state index contributed by atoms with van der Waals surface area (Å²) in [6.07, 6.45) is 1.64. The number of rotatable bonds is 5. The van der Waals surface area contributed by atoms with Crippen molar-refractivity contribution in [2.45, 2.75) is 19.8 Å². The number of hydrogen-bond donors (Lipinski definition) is 1. The summed E-state index contributed by atoms with van der Waals surface area (Å²) in [5.74, 6) is 1.47. The van der Waals surface area contributed by atoms with Crippen LogP contribution in [-0.4, -0.2) is 41.4 Å². The molecular weight excluding hydrogens is 367 g/mol. The smallest absolute Gasteiger partial charge is 0.247 e. The highest BCUT2D eigenvalue weighted by atomic mass is 19.1. The van der Waals surface area contributed by atoms with Gasteiger partial charge in [-0.1, -0.05) is 44.2 Å². The molecule has 0 spiro atoms. The van der Waals surface area contributed by atoms with Gasteiger partial charge in [0.05, 0.1) is 11.9 Å². The number of nitrogens with one attached hydrogen (secondary N) is 1. The van der Waals surface area contributed by atoms with E-state index in [-0.39, 0.29) is 5.82 Å². The van der Waals surface area contributed by atoms with Crippen LogP contribution in [0.3, 0.4) is 0 Å². The molecule has 1 aliphatic rings. The van der Waals surface area contributed by atoms with Gasteiger partial charge in [-0.25, -0.2) is 4.39 Å². The van der Waals surface area contributed by atoms with Gasteiger partial charge in [0.2, 0.25) is 5.95 Å². The number of aromatic nitrogens is 3. The number of halogens is 1. The van der Waals surface area contributed by atoms with Crippen molar-refractivity contribution in [1.82, 2.24) is 15.2 Å². The van der Waals surface area contributed by atoms with E-state index in [4.69, 9.17) is 0 Å². The van der Waals surface area contributed by atoms with Crippen LogP contribution < -0.4 is 15.1 Å². The van der Waals surface area contributed by atoms with Crippen LogP contribution in [0.1, 0.15) is 25.3 Å². The van der Waals surface area contributed by atoms with Crippen LogP contribution in [0.2, 0.25) is 0 Å². The van der Waals surface area contributed by atoms with Crippen LogP contribution in [-0.2, 0) is 0 Å². The Kier molecular flexibility index (Phi) is 5.55. The molecule has 7 heteroatoms. The first kappa shape index (κ1) is 19.1. The standard InChI is InChI=1S/C22H25FN6/c1-16(2)17-7-3-5-9-19(17)25-21-15-24-27-22(26-21)29-13-11-28(12-14-29)20-10-6-4-8-18(20)23/h3-10,15-16H,11-14H2,1-2H3,(H,25,26,27). The van der Waals surface area contributed by atoms with Gasteiger partial charge in [-0.2, -0.15) is 10.1 Å². The fourth-order valence-electron chi connectivity index (χ4n) is 3.60. The normalized spacial score (nSPS) is 14.3. The van der Waals surface area contributed by atoms with Gasteiger partial charge < -0.3 is 15.1 Å². The molecule has 1 aromatic heterocycles. The third-order valence-corrected chi connectivity index (χ3v) is 5.15. The molecule has 1 saturated heterocycles. The average Bonchev–Trinajstić information content (AvgIpc) is 2.75. The molecule has 0 saturated carbocycles. The van der Waals surface area contributed by atoms with E-state index in [9.17, 15) is 4.39 Å². The Morgan fingerprint density at radius 3 is 2.38 bits per heavy atom. The van der Waals surface area contributed by atoms with E-state index in [2.05, 4.69) is 50.2 Å². The summed E-state index contributed by atoms with van der Waals surface area (Å²) in [5.41, 5.74) is 2.90. The molecule has 0 atom stereocenters. The molecule has 0 amide bonds. The summed E-state index contributed by atoms with van der Waals surface area (Å²) >= 11 is 0. The molecule has 2 aromatic carbocycles. The van der Waals surface area contributed by atoms with Crippen molar-refractivity contribution in [3.05, 3.63) is 66.1 Å².